The third kappa shape index (κ3) is 2.95. The summed E-state index contributed by atoms with van der Waals surface area (Å²) in [7, 11) is 0. The minimum Gasteiger partial charge on any atom is -0.492 e. The largest absolute Gasteiger partial charge is 0.492 e. The summed E-state index contributed by atoms with van der Waals surface area (Å²) in [4.78, 5) is 24.3. The molecule has 2 N–H and O–H groups in total. The van der Waals surface area contributed by atoms with Gasteiger partial charge in [0.2, 0.25) is 0 Å². The molecule has 0 bridgehead atoms. The van der Waals surface area contributed by atoms with Crippen LogP contribution in [0.2, 0.25) is 0 Å². The van der Waals surface area contributed by atoms with E-state index in [1.807, 2.05) is 6.92 Å². The second-order valence-electron chi connectivity index (χ2n) is 4.95. The Kier molecular flexibility index (Phi) is 4.65. The van der Waals surface area contributed by atoms with Crippen molar-refractivity contribution in [2.24, 2.45) is 0 Å². The van der Waals surface area contributed by atoms with Crippen LogP contribution in [0.25, 0.3) is 0 Å². The number of thiophene rings is 1. The number of carbonyl (C=O) groups is 2. The summed E-state index contributed by atoms with van der Waals surface area (Å²) in [5.74, 6) is -0.779. The molecule has 0 atom stereocenters. The first-order valence-corrected chi connectivity index (χ1v) is 7.73. The Balaban J connectivity index is 2.16. The second-order valence-corrected chi connectivity index (χ2v) is 5.87. The van der Waals surface area contributed by atoms with Crippen molar-refractivity contribution in [3.63, 3.8) is 0 Å². The molecule has 0 aromatic carbocycles. The van der Waals surface area contributed by atoms with Crippen LogP contribution in [0.3, 0.4) is 0 Å². The van der Waals surface area contributed by atoms with Gasteiger partial charge in [-0.2, -0.15) is 0 Å². The van der Waals surface area contributed by atoms with Gasteiger partial charge < -0.3 is 15.2 Å². The zero-order valence-electron chi connectivity index (χ0n) is 11.5. The van der Waals surface area contributed by atoms with Crippen LogP contribution >= 0.6 is 11.3 Å². The Morgan fingerprint density at radius 3 is 2.70 bits per heavy atom. The quantitative estimate of drug-likeness (QED) is 0.876. The Morgan fingerprint density at radius 2 is 2.10 bits per heavy atom. The van der Waals surface area contributed by atoms with Crippen molar-refractivity contribution < 1.29 is 19.4 Å². The van der Waals surface area contributed by atoms with Crippen LogP contribution in [0, 0.1) is 0 Å². The molecule has 20 heavy (non-hydrogen) atoms. The van der Waals surface area contributed by atoms with E-state index in [1.165, 1.54) is 11.3 Å². The van der Waals surface area contributed by atoms with Gasteiger partial charge >= 0.3 is 5.97 Å². The maximum atomic E-state index is 12.3. The standard InChI is InChI=1S/C14H19NO4S/c1-2-19-10-6-9-20-11(10)12(16)15-14(13(17)18)7-4-3-5-8-14/h6,9H,2-5,7-8H2,1H3,(H,15,16)(H,17,18). The summed E-state index contributed by atoms with van der Waals surface area (Å²) in [5.41, 5.74) is -1.12. The lowest BCUT2D eigenvalue weighted by molar-refractivity contribution is -0.145. The highest BCUT2D eigenvalue weighted by Crippen LogP contribution is 2.31. The number of ether oxygens (including phenoxy) is 1. The number of rotatable bonds is 5. The third-order valence-electron chi connectivity index (χ3n) is 3.60. The molecule has 1 fully saturated rings. The van der Waals surface area contributed by atoms with Gasteiger partial charge in [-0.15, -0.1) is 11.3 Å². The predicted octanol–water partition coefficient (Wildman–Crippen LogP) is 2.66. The Morgan fingerprint density at radius 1 is 1.40 bits per heavy atom. The molecule has 6 heteroatoms. The molecule has 1 saturated carbocycles. The average Bonchev–Trinajstić information content (AvgIpc) is 2.88. The van der Waals surface area contributed by atoms with Crippen LogP contribution in [0.4, 0.5) is 0 Å². The number of aliphatic carboxylic acids is 1. The van der Waals surface area contributed by atoms with Crippen LogP contribution in [0.1, 0.15) is 48.7 Å². The van der Waals surface area contributed by atoms with Gasteiger partial charge in [0.25, 0.3) is 5.91 Å². The van der Waals surface area contributed by atoms with E-state index in [2.05, 4.69) is 5.32 Å². The molecule has 1 aromatic rings. The van der Waals surface area contributed by atoms with E-state index in [4.69, 9.17) is 4.74 Å². The predicted molar refractivity (Wildman–Crippen MR) is 76.4 cm³/mol. The monoisotopic (exact) mass is 297 g/mol. The van der Waals surface area contributed by atoms with E-state index >= 15 is 0 Å². The summed E-state index contributed by atoms with van der Waals surface area (Å²) >= 11 is 1.27. The number of carboxylic acid groups (broad SMARTS) is 1. The topological polar surface area (TPSA) is 75.6 Å². The number of carbonyl (C=O) groups excluding carboxylic acids is 1. The molecule has 0 spiro atoms. The van der Waals surface area contributed by atoms with E-state index in [0.717, 1.165) is 19.3 Å². The number of hydrogen-bond acceptors (Lipinski definition) is 4. The second kappa shape index (κ2) is 6.26. The Hall–Kier alpha value is -1.56. The fourth-order valence-corrected chi connectivity index (χ4v) is 3.28. The first-order valence-electron chi connectivity index (χ1n) is 6.85. The van der Waals surface area contributed by atoms with E-state index < -0.39 is 11.5 Å². The highest BCUT2D eigenvalue weighted by Gasteiger charge is 2.41. The normalized spacial score (nSPS) is 17.4. The summed E-state index contributed by atoms with van der Waals surface area (Å²) in [5, 5.41) is 14.0. The number of hydrogen-bond donors (Lipinski definition) is 2. The van der Waals surface area contributed by atoms with Crippen LogP contribution in [0.15, 0.2) is 11.4 Å². The highest BCUT2D eigenvalue weighted by atomic mass is 32.1. The molecule has 1 aliphatic rings. The molecule has 110 valence electrons. The van der Waals surface area contributed by atoms with Gasteiger partial charge in [0.1, 0.15) is 16.2 Å². The van der Waals surface area contributed by atoms with E-state index in [9.17, 15) is 14.7 Å². The molecule has 0 aliphatic heterocycles. The molecule has 2 rings (SSSR count). The van der Waals surface area contributed by atoms with Crippen molar-refractivity contribution in [3.05, 3.63) is 16.3 Å². The van der Waals surface area contributed by atoms with Gasteiger partial charge in [-0.25, -0.2) is 4.79 Å². The molecule has 5 nitrogen and oxygen atoms in total. The lowest BCUT2D eigenvalue weighted by Gasteiger charge is -2.33. The molecule has 1 amide bonds. The van der Waals surface area contributed by atoms with Gasteiger partial charge in [0, 0.05) is 0 Å². The Bertz CT molecular complexity index is 491. The zero-order chi connectivity index (χ0) is 14.6. The van der Waals surface area contributed by atoms with Crippen LogP contribution in [-0.4, -0.2) is 29.1 Å². The minimum atomic E-state index is -1.12. The van der Waals surface area contributed by atoms with Crippen LogP contribution < -0.4 is 10.1 Å². The van der Waals surface area contributed by atoms with Gasteiger partial charge in [-0.3, -0.25) is 4.79 Å². The average molecular weight is 297 g/mol. The summed E-state index contributed by atoms with van der Waals surface area (Å²) in [6.07, 6.45) is 3.66. The third-order valence-corrected chi connectivity index (χ3v) is 4.50. The number of nitrogens with one attached hydrogen (secondary N) is 1. The zero-order valence-corrected chi connectivity index (χ0v) is 12.3. The number of amides is 1. The molecular formula is C14H19NO4S. The lowest BCUT2D eigenvalue weighted by atomic mass is 9.81. The van der Waals surface area contributed by atoms with Gasteiger partial charge in [-0.05, 0) is 31.2 Å². The molecule has 0 unspecified atom stereocenters. The summed E-state index contributed by atoms with van der Waals surface area (Å²) in [6, 6.07) is 1.73. The van der Waals surface area contributed by atoms with Crippen molar-refractivity contribution in [3.8, 4) is 5.75 Å². The molecule has 1 aliphatic carbocycles. The van der Waals surface area contributed by atoms with Gasteiger partial charge in [0.15, 0.2) is 0 Å². The van der Waals surface area contributed by atoms with Crippen LogP contribution in [-0.2, 0) is 4.79 Å². The molecule has 1 heterocycles. The van der Waals surface area contributed by atoms with Crippen molar-refractivity contribution in [1.29, 1.82) is 0 Å². The SMILES string of the molecule is CCOc1ccsc1C(=O)NC1(C(=O)O)CCCCC1. The smallest absolute Gasteiger partial charge is 0.329 e. The molecular weight excluding hydrogens is 278 g/mol. The summed E-state index contributed by atoms with van der Waals surface area (Å²) in [6.45, 7) is 2.32. The van der Waals surface area contributed by atoms with Gasteiger partial charge in [0.05, 0.1) is 6.61 Å². The van der Waals surface area contributed by atoms with E-state index in [1.54, 1.807) is 11.4 Å². The number of carboxylic acids is 1. The maximum Gasteiger partial charge on any atom is 0.329 e. The van der Waals surface area contributed by atoms with E-state index in [0.29, 0.717) is 30.1 Å². The van der Waals surface area contributed by atoms with Crippen molar-refractivity contribution in [2.75, 3.05) is 6.61 Å². The lowest BCUT2D eigenvalue weighted by Crippen LogP contribution is -2.55. The first-order chi connectivity index (χ1) is 9.59. The first kappa shape index (κ1) is 14.8. The van der Waals surface area contributed by atoms with Crippen molar-refractivity contribution >= 4 is 23.2 Å². The molecule has 0 saturated heterocycles. The van der Waals surface area contributed by atoms with E-state index in [-0.39, 0.29) is 5.91 Å². The van der Waals surface area contributed by atoms with Crippen molar-refractivity contribution in [2.45, 2.75) is 44.6 Å². The minimum absolute atomic E-state index is 0.354. The molecule has 1 aromatic heterocycles. The Labute approximate surface area is 121 Å². The fraction of sp³-hybridized carbons (Fsp3) is 0.571. The van der Waals surface area contributed by atoms with Crippen molar-refractivity contribution in [1.82, 2.24) is 5.32 Å². The highest BCUT2D eigenvalue weighted by molar-refractivity contribution is 7.12. The van der Waals surface area contributed by atoms with Gasteiger partial charge in [-0.1, -0.05) is 19.3 Å². The maximum absolute atomic E-state index is 12.3. The molecule has 0 radical (unpaired) electrons. The summed E-state index contributed by atoms with van der Waals surface area (Å²) < 4.78 is 5.38. The fourth-order valence-electron chi connectivity index (χ4n) is 2.55. The van der Waals surface area contributed by atoms with Crippen LogP contribution in [0.5, 0.6) is 5.75 Å².